The Morgan fingerprint density at radius 2 is 1.72 bits per heavy atom. The van der Waals surface area contributed by atoms with Crippen LogP contribution in [0.25, 0.3) is 0 Å². The molecule has 2 aromatic carbocycles. The van der Waals surface area contributed by atoms with E-state index < -0.39 is 27.9 Å². The van der Waals surface area contributed by atoms with Crippen molar-refractivity contribution in [1.82, 2.24) is 0 Å². The van der Waals surface area contributed by atoms with Gasteiger partial charge in [0.1, 0.15) is 0 Å². The lowest BCUT2D eigenvalue weighted by Gasteiger charge is -2.13. The molecule has 0 heterocycles. The molecule has 1 N–H and O–H groups in total. The predicted octanol–water partition coefficient (Wildman–Crippen LogP) is 3.14. The normalized spacial score (nSPS) is 12.3. The van der Waals surface area contributed by atoms with Gasteiger partial charge < -0.3 is 4.74 Å². The number of esters is 1. The third kappa shape index (κ3) is 5.58. The summed E-state index contributed by atoms with van der Waals surface area (Å²) < 4.78 is 29.8. The molecular weight excluding hydrogens is 366 g/mol. The van der Waals surface area contributed by atoms with E-state index in [-0.39, 0.29) is 5.56 Å². The van der Waals surface area contributed by atoms with E-state index in [0.717, 1.165) is 6.26 Å². The van der Waals surface area contributed by atoms with Gasteiger partial charge in [-0.3, -0.25) is 9.52 Å². The number of ether oxygens (including phenoxy) is 1. The Hall–Kier alpha value is -2.38. The number of nitrogens with one attached hydrogen (secondary N) is 1. The summed E-state index contributed by atoms with van der Waals surface area (Å²) in [4.78, 5) is 24.4. The average Bonchev–Trinajstić information content (AvgIpc) is 2.53. The zero-order valence-electron chi connectivity index (χ0n) is 13.5. The van der Waals surface area contributed by atoms with Gasteiger partial charge >= 0.3 is 5.97 Å². The van der Waals surface area contributed by atoms with Crippen molar-refractivity contribution in [3.05, 3.63) is 64.7 Å². The Bertz CT molecular complexity index is 894. The lowest BCUT2D eigenvalue weighted by atomic mass is 10.1. The van der Waals surface area contributed by atoms with Gasteiger partial charge in [0.05, 0.1) is 11.8 Å². The minimum absolute atomic E-state index is 0.250. The number of benzene rings is 2. The molecule has 2 rings (SSSR count). The van der Waals surface area contributed by atoms with Crippen LogP contribution in [0, 0.1) is 0 Å². The van der Waals surface area contributed by atoms with Gasteiger partial charge in [0.25, 0.3) is 0 Å². The molecule has 1 atom stereocenters. The van der Waals surface area contributed by atoms with Gasteiger partial charge in [-0.1, -0.05) is 17.7 Å². The molecule has 0 aliphatic carbocycles. The summed E-state index contributed by atoms with van der Waals surface area (Å²) in [6, 6.07) is 12.1. The molecule has 6 nitrogen and oxygen atoms in total. The maximum atomic E-state index is 12.3. The number of carbonyl (C=O) groups is 2. The highest BCUT2D eigenvalue weighted by atomic mass is 35.5. The molecule has 0 saturated carbocycles. The molecule has 0 bridgehead atoms. The average molecular weight is 382 g/mol. The largest absolute Gasteiger partial charge is 0.451 e. The van der Waals surface area contributed by atoms with Crippen LogP contribution in [0.3, 0.4) is 0 Å². The van der Waals surface area contributed by atoms with Gasteiger partial charge in [-0.15, -0.1) is 0 Å². The summed E-state index contributed by atoms with van der Waals surface area (Å²) in [5, 5.41) is 0.391. The third-order valence-electron chi connectivity index (χ3n) is 3.19. The number of halogens is 1. The van der Waals surface area contributed by atoms with Gasteiger partial charge in [-0.05, 0) is 49.4 Å². The van der Waals surface area contributed by atoms with Crippen LogP contribution < -0.4 is 4.72 Å². The first-order valence-corrected chi connectivity index (χ1v) is 9.51. The second kappa shape index (κ2) is 7.67. The summed E-state index contributed by atoms with van der Waals surface area (Å²) in [6.07, 6.45) is 0.0314. The van der Waals surface area contributed by atoms with Crippen molar-refractivity contribution in [2.75, 3.05) is 11.0 Å². The first-order valence-electron chi connectivity index (χ1n) is 7.24. The fourth-order valence-electron chi connectivity index (χ4n) is 2.05. The second-order valence-corrected chi connectivity index (χ2v) is 7.56. The Morgan fingerprint density at radius 3 is 2.28 bits per heavy atom. The molecule has 0 radical (unpaired) electrons. The van der Waals surface area contributed by atoms with E-state index in [1.54, 1.807) is 12.1 Å². The summed E-state index contributed by atoms with van der Waals surface area (Å²) in [5.41, 5.74) is 0.882. The standard InChI is InChI=1S/C17H16ClNO5S/c1-11(24-17(21)13-4-3-5-14(18)10-13)16(20)12-6-8-15(9-7-12)19-25(2,22)23/h3-11,19H,1-2H3. The Balaban J connectivity index is 2.05. The van der Waals surface area contributed by atoms with Crippen molar-refractivity contribution in [1.29, 1.82) is 0 Å². The molecule has 0 fully saturated rings. The van der Waals surface area contributed by atoms with Crippen LogP contribution in [0.2, 0.25) is 5.02 Å². The molecule has 0 aliphatic heterocycles. The number of sulfonamides is 1. The van der Waals surface area contributed by atoms with Crippen molar-refractivity contribution < 1.29 is 22.7 Å². The SMILES string of the molecule is CC(OC(=O)c1cccc(Cl)c1)C(=O)c1ccc(NS(C)(=O)=O)cc1. The molecule has 0 aliphatic rings. The maximum absolute atomic E-state index is 12.3. The van der Waals surface area contributed by atoms with Crippen LogP contribution in [0.1, 0.15) is 27.6 Å². The molecule has 1 unspecified atom stereocenters. The van der Waals surface area contributed by atoms with Gasteiger partial charge in [-0.25, -0.2) is 13.2 Å². The van der Waals surface area contributed by atoms with Crippen LogP contribution in [-0.2, 0) is 14.8 Å². The number of ketones is 1. The first kappa shape index (κ1) is 19.0. The monoisotopic (exact) mass is 381 g/mol. The lowest BCUT2D eigenvalue weighted by Crippen LogP contribution is -2.24. The summed E-state index contributed by atoms with van der Waals surface area (Å²) in [5.74, 6) is -1.06. The highest BCUT2D eigenvalue weighted by molar-refractivity contribution is 7.92. The van der Waals surface area contributed by atoms with Crippen molar-refractivity contribution in [3.8, 4) is 0 Å². The highest BCUT2D eigenvalue weighted by Gasteiger charge is 2.20. The quantitative estimate of drug-likeness (QED) is 0.613. The van der Waals surface area contributed by atoms with Crippen molar-refractivity contribution >= 4 is 39.1 Å². The van der Waals surface area contributed by atoms with E-state index in [0.29, 0.717) is 16.3 Å². The molecule has 25 heavy (non-hydrogen) atoms. The minimum atomic E-state index is -3.39. The van der Waals surface area contributed by atoms with Gasteiger partial charge in [0.15, 0.2) is 6.10 Å². The number of rotatable bonds is 6. The molecule has 0 saturated heterocycles. The topological polar surface area (TPSA) is 89.5 Å². The van der Waals surface area contributed by atoms with E-state index in [4.69, 9.17) is 16.3 Å². The third-order valence-corrected chi connectivity index (χ3v) is 4.03. The lowest BCUT2D eigenvalue weighted by molar-refractivity contribution is 0.0319. The van der Waals surface area contributed by atoms with Gasteiger partial charge in [0, 0.05) is 16.3 Å². The molecule has 0 aromatic heterocycles. The number of anilines is 1. The summed E-state index contributed by atoms with van der Waals surface area (Å²) >= 11 is 5.82. The van der Waals surface area contributed by atoms with Crippen molar-refractivity contribution in [2.45, 2.75) is 13.0 Å². The molecule has 0 spiro atoms. The zero-order valence-corrected chi connectivity index (χ0v) is 15.1. The molecule has 2 aromatic rings. The summed E-state index contributed by atoms with van der Waals surface area (Å²) in [7, 11) is -3.39. The summed E-state index contributed by atoms with van der Waals surface area (Å²) in [6.45, 7) is 1.47. The Morgan fingerprint density at radius 1 is 1.08 bits per heavy atom. The van der Waals surface area contributed by atoms with E-state index in [1.165, 1.54) is 43.3 Å². The Kier molecular flexibility index (Phi) is 5.81. The molecule has 8 heteroatoms. The first-order chi connectivity index (χ1) is 11.7. The smallest absolute Gasteiger partial charge is 0.338 e. The van der Waals surface area contributed by atoms with Gasteiger partial charge in [0.2, 0.25) is 15.8 Å². The number of carbonyl (C=O) groups excluding carboxylic acids is 2. The molecule has 0 amide bonds. The maximum Gasteiger partial charge on any atom is 0.338 e. The number of hydrogen-bond donors (Lipinski definition) is 1. The van der Waals surface area contributed by atoms with Crippen LogP contribution >= 0.6 is 11.6 Å². The number of hydrogen-bond acceptors (Lipinski definition) is 5. The second-order valence-electron chi connectivity index (χ2n) is 5.37. The highest BCUT2D eigenvalue weighted by Crippen LogP contribution is 2.16. The van der Waals surface area contributed by atoms with E-state index >= 15 is 0 Å². The van der Waals surface area contributed by atoms with Crippen LogP contribution in [0.4, 0.5) is 5.69 Å². The molecule has 132 valence electrons. The molecular formula is C17H16ClNO5S. The van der Waals surface area contributed by atoms with Crippen molar-refractivity contribution in [2.24, 2.45) is 0 Å². The fraction of sp³-hybridized carbons (Fsp3) is 0.176. The number of Topliss-reactive ketones (excluding diaryl/α,β-unsaturated/α-hetero) is 1. The predicted molar refractivity (Wildman–Crippen MR) is 95.6 cm³/mol. The van der Waals surface area contributed by atoms with Gasteiger partial charge in [-0.2, -0.15) is 0 Å². The van der Waals surface area contributed by atoms with E-state index in [9.17, 15) is 18.0 Å². The van der Waals surface area contributed by atoms with E-state index in [1.807, 2.05) is 0 Å². The minimum Gasteiger partial charge on any atom is -0.451 e. The Labute approximate surface area is 150 Å². The van der Waals surface area contributed by atoms with Crippen LogP contribution in [0.15, 0.2) is 48.5 Å². The van der Waals surface area contributed by atoms with E-state index in [2.05, 4.69) is 4.72 Å². The fourth-order valence-corrected chi connectivity index (χ4v) is 2.80. The van der Waals surface area contributed by atoms with Crippen molar-refractivity contribution in [3.63, 3.8) is 0 Å². The van der Waals surface area contributed by atoms with Crippen LogP contribution in [0.5, 0.6) is 0 Å². The zero-order chi connectivity index (χ0) is 18.6. The van der Waals surface area contributed by atoms with Crippen LogP contribution in [-0.4, -0.2) is 32.5 Å².